The average molecular weight is 384 g/mol. The third-order valence-electron chi connectivity index (χ3n) is 4.35. The fraction of sp³-hybridized carbons (Fsp3) is 0.250. The van der Waals surface area contributed by atoms with Gasteiger partial charge in [0.05, 0.1) is 24.2 Å². The average Bonchev–Trinajstić information content (AvgIpc) is 3.32. The van der Waals surface area contributed by atoms with Gasteiger partial charge in [0, 0.05) is 24.2 Å². The second-order valence-corrected chi connectivity index (χ2v) is 6.35. The lowest BCUT2D eigenvalue weighted by molar-refractivity contribution is -0.121. The minimum atomic E-state index is -0.359. The summed E-state index contributed by atoms with van der Waals surface area (Å²) in [6.07, 6.45) is 3.24. The summed E-state index contributed by atoms with van der Waals surface area (Å²) in [6, 6.07) is 8.95. The number of rotatable bonds is 7. The van der Waals surface area contributed by atoms with Gasteiger partial charge in [0.2, 0.25) is 5.91 Å². The highest BCUT2D eigenvalue weighted by Crippen LogP contribution is 2.20. The monoisotopic (exact) mass is 384 g/mol. The molecule has 0 fully saturated rings. The highest BCUT2D eigenvalue weighted by molar-refractivity contribution is 5.91. The second-order valence-electron chi connectivity index (χ2n) is 6.35. The number of nitrogens with zero attached hydrogens (tertiary/aromatic N) is 2. The number of hydrogen-bond donors (Lipinski definition) is 2. The van der Waals surface area contributed by atoms with E-state index >= 15 is 0 Å². The Morgan fingerprint density at radius 2 is 2.00 bits per heavy atom. The molecule has 1 aromatic carbocycles. The summed E-state index contributed by atoms with van der Waals surface area (Å²) in [4.78, 5) is 23.9. The molecule has 0 saturated carbocycles. The van der Waals surface area contributed by atoms with Gasteiger partial charge >= 0.3 is 0 Å². The predicted molar refractivity (Wildman–Crippen MR) is 100 cm³/mol. The Balaban J connectivity index is 1.54. The molecule has 0 bridgehead atoms. The molecule has 146 valence electrons. The van der Waals surface area contributed by atoms with E-state index in [0.717, 1.165) is 16.9 Å². The lowest BCUT2D eigenvalue weighted by atomic mass is 10.1. The Labute approximate surface area is 161 Å². The molecule has 2 heterocycles. The number of nitrogens with one attached hydrogen (secondary N) is 2. The molecule has 3 aromatic rings. The van der Waals surface area contributed by atoms with E-state index in [9.17, 15) is 14.0 Å². The van der Waals surface area contributed by atoms with Gasteiger partial charge in [0.15, 0.2) is 5.76 Å². The molecule has 0 radical (unpaired) electrons. The number of carbonyl (C=O) groups excluding carboxylic acids is 2. The van der Waals surface area contributed by atoms with Crippen LogP contribution in [0.3, 0.4) is 0 Å². The normalized spacial score (nSPS) is 11.8. The van der Waals surface area contributed by atoms with Gasteiger partial charge in [-0.2, -0.15) is 5.10 Å². The number of benzene rings is 1. The van der Waals surface area contributed by atoms with Gasteiger partial charge in [-0.1, -0.05) is 0 Å². The van der Waals surface area contributed by atoms with Crippen LogP contribution < -0.4 is 10.6 Å². The molecule has 2 aromatic heterocycles. The summed E-state index contributed by atoms with van der Waals surface area (Å²) in [5.74, 6) is -0.658. The predicted octanol–water partition coefficient (Wildman–Crippen LogP) is 2.91. The Kier molecular flexibility index (Phi) is 5.88. The first-order valence-electron chi connectivity index (χ1n) is 8.87. The SMILES string of the molecule is Cc1c(C(C)NC(=O)CCNC(=O)c2ccco2)cnn1-c1ccc(F)cc1. The van der Waals surface area contributed by atoms with Crippen molar-refractivity contribution in [2.24, 2.45) is 0 Å². The Hall–Kier alpha value is -3.42. The molecule has 28 heavy (non-hydrogen) atoms. The first-order valence-corrected chi connectivity index (χ1v) is 8.87. The molecule has 0 spiro atoms. The molecule has 7 nitrogen and oxygen atoms in total. The maximum absolute atomic E-state index is 13.1. The minimum absolute atomic E-state index is 0.141. The number of hydrogen-bond acceptors (Lipinski definition) is 4. The van der Waals surface area contributed by atoms with Crippen molar-refractivity contribution in [3.05, 3.63) is 71.7 Å². The number of aromatic nitrogens is 2. The smallest absolute Gasteiger partial charge is 0.286 e. The van der Waals surface area contributed by atoms with E-state index in [1.165, 1.54) is 18.4 Å². The number of halogens is 1. The Morgan fingerprint density at radius 1 is 1.25 bits per heavy atom. The van der Waals surface area contributed by atoms with Crippen molar-refractivity contribution < 1.29 is 18.4 Å². The van der Waals surface area contributed by atoms with Gasteiger partial charge in [-0.3, -0.25) is 9.59 Å². The van der Waals surface area contributed by atoms with Crippen molar-refractivity contribution in [3.8, 4) is 5.69 Å². The van der Waals surface area contributed by atoms with Crippen LogP contribution in [0.4, 0.5) is 4.39 Å². The highest BCUT2D eigenvalue weighted by Gasteiger charge is 2.17. The molecule has 3 rings (SSSR count). The number of amides is 2. The second kappa shape index (κ2) is 8.51. The zero-order valence-electron chi connectivity index (χ0n) is 15.6. The molecular weight excluding hydrogens is 363 g/mol. The van der Waals surface area contributed by atoms with Crippen LogP contribution in [0.1, 0.15) is 41.2 Å². The largest absolute Gasteiger partial charge is 0.459 e. The molecule has 8 heteroatoms. The molecule has 2 amide bonds. The molecule has 0 aliphatic carbocycles. The van der Waals surface area contributed by atoms with Crippen LogP contribution in [-0.2, 0) is 4.79 Å². The molecule has 0 aliphatic rings. The van der Waals surface area contributed by atoms with Crippen molar-refractivity contribution in [1.82, 2.24) is 20.4 Å². The van der Waals surface area contributed by atoms with Gasteiger partial charge in [-0.15, -0.1) is 0 Å². The molecule has 0 saturated heterocycles. The van der Waals surface area contributed by atoms with Crippen LogP contribution in [0.2, 0.25) is 0 Å². The minimum Gasteiger partial charge on any atom is -0.459 e. The fourth-order valence-electron chi connectivity index (χ4n) is 2.87. The molecule has 2 N–H and O–H groups in total. The zero-order valence-corrected chi connectivity index (χ0v) is 15.6. The summed E-state index contributed by atoms with van der Waals surface area (Å²) < 4.78 is 19.8. The fourth-order valence-corrected chi connectivity index (χ4v) is 2.87. The summed E-state index contributed by atoms with van der Waals surface area (Å²) >= 11 is 0. The van der Waals surface area contributed by atoms with Crippen molar-refractivity contribution in [2.75, 3.05) is 6.54 Å². The van der Waals surface area contributed by atoms with E-state index in [4.69, 9.17) is 4.42 Å². The Morgan fingerprint density at radius 3 is 2.68 bits per heavy atom. The summed E-state index contributed by atoms with van der Waals surface area (Å²) in [5.41, 5.74) is 2.45. The van der Waals surface area contributed by atoms with E-state index in [2.05, 4.69) is 15.7 Å². The zero-order chi connectivity index (χ0) is 20.1. The van der Waals surface area contributed by atoms with Gasteiger partial charge in [0.25, 0.3) is 5.91 Å². The quantitative estimate of drug-likeness (QED) is 0.656. The van der Waals surface area contributed by atoms with Gasteiger partial charge in [0.1, 0.15) is 5.82 Å². The van der Waals surface area contributed by atoms with E-state index in [1.807, 2.05) is 13.8 Å². The maximum atomic E-state index is 13.1. The molecule has 1 atom stereocenters. The van der Waals surface area contributed by atoms with Crippen molar-refractivity contribution in [3.63, 3.8) is 0 Å². The van der Waals surface area contributed by atoms with Crippen LogP contribution in [0.5, 0.6) is 0 Å². The summed E-state index contributed by atoms with van der Waals surface area (Å²) in [7, 11) is 0. The van der Waals surface area contributed by atoms with Crippen molar-refractivity contribution in [1.29, 1.82) is 0 Å². The first-order chi connectivity index (χ1) is 13.5. The topological polar surface area (TPSA) is 89.2 Å². The van der Waals surface area contributed by atoms with Crippen LogP contribution in [-0.4, -0.2) is 28.1 Å². The van der Waals surface area contributed by atoms with Crippen LogP contribution in [0, 0.1) is 12.7 Å². The standard InChI is InChI=1S/C20H21FN4O3/c1-13(24-19(26)9-10-22-20(27)18-4-3-11-28-18)17-12-23-25(14(17)2)16-7-5-15(21)6-8-16/h3-8,11-13H,9-10H2,1-2H3,(H,22,27)(H,24,26). The van der Waals surface area contributed by atoms with Crippen molar-refractivity contribution >= 4 is 11.8 Å². The van der Waals surface area contributed by atoms with Gasteiger partial charge < -0.3 is 15.1 Å². The van der Waals surface area contributed by atoms with Gasteiger partial charge in [-0.25, -0.2) is 9.07 Å². The van der Waals surface area contributed by atoms with E-state index in [0.29, 0.717) is 0 Å². The molecular formula is C20H21FN4O3. The highest BCUT2D eigenvalue weighted by atomic mass is 19.1. The first kappa shape index (κ1) is 19.3. The van der Waals surface area contributed by atoms with Crippen LogP contribution >= 0.6 is 0 Å². The third kappa shape index (κ3) is 4.46. The van der Waals surface area contributed by atoms with Gasteiger partial charge in [-0.05, 0) is 50.2 Å². The van der Waals surface area contributed by atoms with E-state index in [-0.39, 0.29) is 42.4 Å². The number of carbonyl (C=O) groups is 2. The lowest BCUT2D eigenvalue weighted by Crippen LogP contribution is -2.32. The third-order valence-corrected chi connectivity index (χ3v) is 4.35. The maximum Gasteiger partial charge on any atom is 0.286 e. The van der Waals surface area contributed by atoms with E-state index in [1.54, 1.807) is 35.1 Å². The van der Waals surface area contributed by atoms with E-state index < -0.39 is 0 Å². The van der Waals surface area contributed by atoms with Crippen LogP contribution in [0.25, 0.3) is 5.69 Å². The van der Waals surface area contributed by atoms with Crippen molar-refractivity contribution in [2.45, 2.75) is 26.3 Å². The Bertz CT molecular complexity index is 949. The summed E-state index contributed by atoms with van der Waals surface area (Å²) in [5, 5.41) is 9.86. The molecule has 1 unspecified atom stereocenters. The summed E-state index contributed by atoms with van der Waals surface area (Å²) in [6.45, 7) is 3.95. The molecule has 0 aliphatic heterocycles. The number of furan rings is 1. The van der Waals surface area contributed by atoms with Crippen LogP contribution in [0.15, 0.2) is 53.3 Å². The lowest BCUT2D eigenvalue weighted by Gasteiger charge is -2.14.